The number of nitrogens with zero attached hydrogens (tertiary/aromatic N) is 2. The molecular formula is C10H22N2O. The lowest BCUT2D eigenvalue weighted by Gasteiger charge is -2.22. The maximum absolute atomic E-state index is 11.0. The lowest BCUT2D eigenvalue weighted by atomic mass is 10.2. The van der Waals surface area contributed by atoms with E-state index in [0.717, 1.165) is 19.5 Å². The van der Waals surface area contributed by atoms with Crippen molar-refractivity contribution in [2.75, 3.05) is 34.2 Å². The molecule has 1 unspecified atom stereocenters. The van der Waals surface area contributed by atoms with Gasteiger partial charge < -0.3 is 4.90 Å². The van der Waals surface area contributed by atoms with Crippen LogP contribution in [0.5, 0.6) is 0 Å². The van der Waals surface area contributed by atoms with Crippen molar-refractivity contribution >= 4 is 5.78 Å². The molecule has 0 aliphatic heterocycles. The van der Waals surface area contributed by atoms with Gasteiger partial charge in [0.25, 0.3) is 0 Å². The molecule has 13 heavy (non-hydrogen) atoms. The number of likely N-dealkylation sites (N-methyl/N-ethyl adjacent to an activating group) is 1. The van der Waals surface area contributed by atoms with E-state index in [2.05, 4.69) is 23.9 Å². The molecule has 0 spiro atoms. The third-order valence-electron chi connectivity index (χ3n) is 2.37. The highest BCUT2D eigenvalue weighted by atomic mass is 16.1. The van der Waals surface area contributed by atoms with Crippen LogP contribution in [-0.4, -0.2) is 55.9 Å². The summed E-state index contributed by atoms with van der Waals surface area (Å²) in [7, 11) is 6.13. The second-order valence-corrected chi connectivity index (χ2v) is 3.92. The summed E-state index contributed by atoms with van der Waals surface area (Å²) in [6.07, 6.45) is 1.11. The van der Waals surface area contributed by atoms with Gasteiger partial charge in [0.05, 0.1) is 6.04 Å². The van der Waals surface area contributed by atoms with E-state index in [0.29, 0.717) is 0 Å². The molecule has 0 heterocycles. The highest BCUT2D eigenvalue weighted by Gasteiger charge is 2.12. The molecule has 3 heteroatoms. The smallest absolute Gasteiger partial charge is 0.146 e. The zero-order valence-corrected chi connectivity index (χ0v) is 9.50. The maximum atomic E-state index is 11.0. The van der Waals surface area contributed by atoms with E-state index in [9.17, 15) is 4.79 Å². The number of carbonyl (C=O) groups excluding carboxylic acids is 1. The van der Waals surface area contributed by atoms with Gasteiger partial charge in [-0.2, -0.15) is 0 Å². The summed E-state index contributed by atoms with van der Waals surface area (Å²) in [6.45, 7) is 5.67. The molecule has 0 aromatic heterocycles. The topological polar surface area (TPSA) is 23.6 Å². The molecule has 3 nitrogen and oxygen atoms in total. The van der Waals surface area contributed by atoms with Crippen LogP contribution in [0.1, 0.15) is 20.3 Å². The monoisotopic (exact) mass is 186 g/mol. The Labute approximate surface area is 81.7 Å². The van der Waals surface area contributed by atoms with Gasteiger partial charge in [0.15, 0.2) is 0 Å². The van der Waals surface area contributed by atoms with E-state index in [4.69, 9.17) is 0 Å². The molecule has 0 aliphatic carbocycles. The van der Waals surface area contributed by atoms with Crippen molar-refractivity contribution in [3.05, 3.63) is 0 Å². The lowest BCUT2D eigenvalue weighted by molar-refractivity contribution is -0.121. The van der Waals surface area contributed by atoms with E-state index < -0.39 is 0 Å². The van der Waals surface area contributed by atoms with Crippen LogP contribution in [0.4, 0.5) is 0 Å². The summed E-state index contributed by atoms with van der Waals surface area (Å²) in [5.41, 5.74) is 0. The normalized spacial score (nSPS) is 13.8. The van der Waals surface area contributed by atoms with E-state index in [1.165, 1.54) is 0 Å². The number of carbonyl (C=O) groups is 1. The summed E-state index contributed by atoms with van der Waals surface area (Å²) >= 11 is 0. The molecule has 0 rings (SSSR count). The molecule has 78 valence electrons. The van der Waals surface area contributed by atoms with Crippen LogP contribution in [0, 0.1) is 0 Å². The van der Waals surface area contributed by atoms with E-state index >= 15 is 0 Å². The molecule has 0 amide bonds. The molecule has 0 bridgehead atoms. The van der Waals surface area contributed by atoms with Crippen LogP contribution in [0.15, 0.2) is 0 Å². The van der Waals surface area contributed by atoms with Crippen LogP contribution in [0.3, 0.4) is 0 Å². The van der Waals surface area contributed by atoms with Gasteiger partial charge in [0, 0.05) is 0 Å². The van der Waals surface area contributed by atoms with Crippen LogP contribution in [0.2, 0.25) is 0 Å². The first-order chi connectivity index (χ1) is 5.95. The fourth-order valence-corrected chi connectivity index (χ4v) is 1.14. The Morgan fingerprint density at radius 1 is 1.23 bits per heavy atom. The Kier molecular flexibility index (Phi) is 5.91. The number of rotatable bonds is 6. The Hall–Kier alpha value is -0.410. The van der Waals surface area contributed by atoms with Crippen LogP contribution >= 0.6 is 0 Å². The van der Waals surface area contributed by atoms with Crippen LogP contribution in [-0.2, 0) is 4.79 Å². The van der Waals surface area contributed by atoms with Crippen LogP contribution in [0.25, 0.3) is 0 Å². The van der Waals surface area contributed by atoms with Crippen molar-refractivity contribution in [3.8, 4) is 0 Å². The van der Waals surface area contributed by atoms with Gasteiger partial charge in [-0.3, -0.25) is 9.69 Å². The van der Waals surface area contributed by atoms with Gasteiger partial charge >= 0.3 is 0 Å². The molecule has 0 aromatic rings. The maximum Gasteiger partial charge on any atom is 0.146 e. The SMILES string of the molecule is CC(=O)C(C)N(C)CCCN(C)C. The Morgan fingerprint density at radius 3 is 2.15 bits per heavy atom. The van der Waals surface area contributed by atoms with Crippen molar-refractivity contribution in [3.63, 3.8) is 0 Å². The van der Waals surface area contributed by atoms with Gasteiger partial charge in [-0.25, -0.2) is 0 Å². The molecule has 0 saturated carbocycles. The van der Waals surface area contributed by atoms with Gasteiger partial charge in [-0.05, 0) is 54.5 Å². The van der Waals surface area contributed by atoms with E-state index in [1.54, 1.807) is 6.92 Å². The summed E-state index contributed by atoms with van der Waals surface area (Å²) in [6, 6.07) is 0.0576. The average Bonchev–Trinajstić information content (AvgIpc) is 2.02. The van der Waals surface area contributed by atoms with Crippen molar-refractivity contribution in [2.24, 2.45) is 0 Å². The predicted octanol–water partition coefficient (Wildman–Crippen LogP) is 0.847. The second-order valence-electron chi connectivity index (χ2n) is 3.92. The van der Waals surface area contributed by atoms with Gasteiger partial charge in [0.2, 0.25) is 0 Å². The predicted molar refractivity (Wildman–Crippen MR) is 55.9 cm³/mol. The first-order valence-corrected chi connectivity index (χ1v) is 4.80. The number of hydrogen-bond donors (Lipinski definition) is 0. The highest BCUT2D eigenvalue weighted by molar-refractivity contribution is 5.80. The fraction of sp³-hybridized carbons (Fsp3) is 0.900. The second kappa shape index (κ2) is 6.11. The number of hydrogen-bond acceptors (Lipinski definition) is 3. The third-order valence-corrected chi connectivity index (χ3v) is 2.37. The first kappa shape index (κ1) is 12.6. The van der Waals surface area contributed by atoms with E-state index in [-0.39, 0.29) is 11.8 Å². The lowest BCUT2D eigenvalue weighted by Crippen LogP contribution is -2.36. The molecule has 0 fully saturated rings. The summed E-state index contributed by atoms with van der Waals surface area (Å²) in [5.74, 6) is 0.243. The molecule has 0 aromatic carbocycles. The quantitative estimate of drug-likeness (QED) is 0.614. The number of ketones is 1. The first-order valence-electron chi connectivity index (χ1n) is 4.80. The third kappa shape index (κ3) is 5.77. The Balaban J connectivity index is 3.61. The van der Waals surface area contributed by atoms with Gasteiger partial charge in [-0.15, -0.1) is 0 Å². The van der Waals surface area contributed by atoms with Crippen molar-refractivity contribution in [2.45, 2.75) is 26.3 Å². The molecular weight excluding hydrogens is 164 g/mol. The van der Waals surface area contributed by atoms with Crippen molar-refractivity contribution < 1.29 is 4.79 Å². The minimum absolute atomic E-state index is 0.0576. The summed E-state index contributed by atoms with van der Waals surface area (Å²) in [5, 5.41) is 0. The van der Waals surface area contributed by atoms with Crippen molar-refractivity contribution in [1.29, 1.82) is 0 Å². The standard InChI is InChI=1S/C10H22N2O/c1-9(10(2)13)12(5)8-6-7-11(3)4/h9H,6-8H2,1-5H3. The largest absolute Gasteiger partial charge is 0.309 e. The van der Waals surface area contributed by atoms with Gasteiger partial charge in [0.1, 0.15) is 5.78 Å². The molecule has 0 aliphatic rings. The average molecular weight is 186 g/mol. The summed E-state index contributed by atoms with van der Waals surface area (Å²) < 4.78 is 0. The van der Waals surface area contributed by atoms with Gasteiger partial charge in [-0.1, -0.05) is 0 Å². The van der Waals surface area contributed by atoms with Crippen molar-refractivity contribution in [1.82, 2.24) is 9.80 Å². The van der Waals surface area contributed by atoms with Crippen LogP contribution < -0.4 is 0 Å². The summed E-state index contributed by atoms with van der Waals surface area (Å²) in [4.78, 5) is 15.3. The zero-order valence-electron chi connectivity index (χ0n) is 9.50. The molecule has 0 N–H and O–H groups in total. The Bertz CT molecular complexity index is 157. The Morgan fingerprint density at radius 2 is 1.77 bits per heavy atom. The molecule has 0 saturated heterocycles. The zero-order chi connectivity index (χ0) is 10.4. The minimum atomic E-state index is 0.0576. The fourth-order valence-electron chi connectivity index (χ4n) is 1.14. The number of Topliss-reactive ketones (excluding diaryl/α,β-unsaturated/α-hetero) is 1. The molecule has 1 atom stereocenters. The minimum Gasteiger partial charge on any atom is -0.309 e. The highest BCUT2D eigenvalue weighted by Crippen LogP contribution is 1.98. The van der Waals surface area contributed by atoms with E-state index in [1.807, 2.05) is 14.0 Å². The molecule has 0 radical (unpaired) electrons.